The summed E-state index contributed by atoms with van der Waals surface area (Å²) in [6.07, 6.45) is 2.98. The molecule has 176 valence electrons. The summed E-state index contributed by atoms with van der Waals surface area (Å²) in [5, 5.41) is 2.26. The molecule has 4 atom stereocenters. The van der Waals surface area contributed by atoms with Gasteiger partial charge >= 0.3 is 0 Å². The van der Waals surface area contributed by atoms with Gasteiger partial charge in [0.15, 0.2) is 11.5 Å². The van der Waals surface area contributed by atoms with Gasteiger partial charge < -0.3 is 19.7 Å². The number of fused-ring (bicyclic) bond motifs is 2. The molecule has 0 radical (unpaired) electrons. The summed E-state index contributed by atoms with van der Waals surface area (Å²) < 4.78 is 25.1. The SMILES string of the molecule is COc1cccc2c1OCC[C@]21C[NH2+]C[C@H]1C(=O)N1CCC(c2ccccc2)CC1CCF. The predicted molar refractivity (Wildman–Crippen MR) is 124 cm³/mol. The number of nitrogens with zero attached hydrogens (tertiary/aromatic N) is 1. The van der Waals surface area contributed by atoms with E-state index in [1.165, 1.54) is 5.56 Å². The number of carbonyl (C=O) groups excluding carboxylic acids is 1. The second kappa shape index (κ2) is 9.34. The summed E-state index contributed by atoms with van der Waals surface area (Å²) in [5.41, 5.74) is 2.11. The maximum Gasteiger partial charge on any atom is 0.232 e. The molecule has 0 bridgehead atoms. The van der Waals surface area contributed by atoms with E-state index in [0.29, 0.717) is 25.5 Å². The van der Waals surface area contributed by atoms with Crippen molar-refractivity contribution in [3.05, 3.63) is 59.7 Å². The van der Waals surface area contributed by atoms with Gasteiger partial charge in [-0.3, -0.25) is 9.18 Å². The number of ether oxygens (including phenoxy) is 2. The first-order valence-corrected chi connectivity index (χ1v) is 12.2. The van der Waals surface area contributed by atoms with Crippen LogP contribution in [0.5, 0.6) is 11.5 Å². The van der Waals surface area contributed by atoms with E-state index in [1.54, 1.807) is 7.11 Å². The van der Waals surface area contributed by atoms with Crippen LogP contribution >= 0.6 is 0 Å². The van der Waals surface area contributed by atoms with Crippen LogP contribution in [0.15, 0.2) is 48.5 Å². The second-order valence-electron chi connectivity index (χ2n) is 9.67. The number of rotatable bonds is 5. The molecule has 5 rings (SSSR count). The number of quaternary nitrogens is 1. The van der Waals surface area contributed by atoms with Crippen molar-refractivity contribution in [1.29, 1.82) is 0 Å². The van der Waals surface area contributed by atoms with E-state index in [0.717, 1.165) is 49.4 Å². The maximum atomic E-state index is 14.1. The van der Waals surface area contributed by atoms with E-state index in [4.69, 9.17) is 9.47 Å². The van der Waals surface area contributed by atoms with Crippen LogP contribution in [-0.4, -0.2) is 56.9 Å². The number of benzene rings is 2. The summed E-state index contributed by atoms with van der Waals surface area (Å²) in [4.78, 5) is 16.1. The smallest absolute Gasteiger partial charge is 0.232 e. The zero-order valence-corrected chi connectivity index (χ0v) is 19.3. The molecule has 0 saturated carbocycles. The Kier molecular flexibility index (Phi) is 6.28. The number of piperidine rings is 1. The molecule has 2 N–H and O–H groups in total. The predicted octanol–water partition coefficient (Wildman–Crippen LogP) is 3.04. The van der Waals surface area contributed by atoms with Crippen LogP contribution in [0.3, 0.4) is 0 Å². The molecular formula is C27H34FN2O3+. The number of nitrogens with two attached hydrogens (primary N) is 1. The van der Waals surface area contributed by atoms with E-state index in [1.807, 2.05) is 23.1 Å². The fourth-order valence-electron chi connectivity index (χ4n) is 6.44. The van der Waals surface area contributed by atoms with Crippen molar-refractivity contribution in [3.8, 4) is 11.5 Å². The second-order valence-corrected chi connectivity index (χ2v) is 9.67. The molecular weight excluding hydrogens is 419 g/mol. The summed E-state index contributed by atoms with van der Waals surface area (Å²) >= 11 is 0. The zero-order chi connectivity index (χ0) is 22.8. The molecule has 5 nitrogen and oxygen atoms in total. The average molecular weight is 454 g/mol. The van der Waals surface area contributed by atoms with Crippen LogP contribution in [0.25, 0.3) is 0 Å². The van der Waals surface area contributed by atoms with Gasteiger partial charge in [0.2, 0.25) is 5.91 Å². The Morgan fingerprint density at radius 2 is 2.09 bits per heavy atom. The fourth-order valence-corrected chi connectivity index (χ4v) is 6.44. The van der Waals surface area contributed by atoms with E-state index in [9.17, 15) is 9.18 Å². The third kappa shape index (κ3) is 3.88. The van der Waals surface area contributed by atoms with Crippen molar-refractivity contribution >= 4 is 5.91 Å². The minimum atomic E-state index is -0.397. The van der Waals surface area contributed by atoms with Gasteiger partial charge in [-0.2, -0.15) is 0 Å². The zero-order valence-electron chi connectivity index (χ0n) is 19.3. The van der Waals surface area contributed by atoms with Gasteiger partial charge in [-0.15, -0.1) is 0 Å². The molecule has 1 spiro atoms. The van der Waals surface area contributed by atoms with Crippen LogP contribution in [0.4, 0.5) is 4.39 Å². The van der Waals surface area contributed by atoms with Gasteiger partial charge in [0.1, 0.15) is 5.92 Å². The Morgan fingerprint density at radius 3 is 2.88 bits per heavy atom. The van der Waals surface area contributed by atoms with Crippen molar-refractivity contribution in [1.82, 2.24) is 4.90 Å². The molecule has 2 fully saturated rings. The molecule has 3 heterocycles. The Morgan fingerprint density at radius 1 is 1.24 bits per heavy atom. The normalized spacial score (nSPS) is 28.9. The van der Waals surface area contributed by atoms with Gasteiger partial charge in [0.05, 0.1) is 38.9 Å². The molecule has 1 amide bonds. The lowest BCUT2D eigenvalue weighted by Crippen LogP contribution is -2.82. The highest BCUT2D eigenvalue weighted by Gasteiger charge is 2.55. The van der Waals surface area contributed by atoms with Crippen molar-refractivity contribution in [2.45, 2.75) is 43.1 Å². The average Bonchev–Trinajstić information content (AvgIpc) is 3.28. The molecule has 33 heavy (non-hydrogen) atoms. The first-order valence-electron chi connectivity index (χ1n) is 12.2. The highest BCUT2D eigenvalue weighted by Crippen LogP contribution is 2.49. The van der Waals surface area contributed by atoms with Gasteiger partial charge in [0.25, 0.3) is 0 Å². The number of likely N-dealkylation sites (tertiary alicyclic amines) is 1. The molecule has 6 heteroatoms. The largest absolute Gasteiger partial charge is 0.493 e. The molecule has 2 saturated heterocycles. The number of para-hydroxylation sites is 1. The lowest BCUT2D eigenvalue weighted by Gasteiger charge is -2.44. The Hall–Kier alpha value is -2.60. The highest BCUT2D eigenvalue weighted by molar-refractivity contribution is 5.82. The standard InChI is InChI=1S/C27H33FN2O3/c1-32-24-9-5-8-22-25(24)33-15-12-27(22)18-29-17-23(27)26(31)30-14-11-20(16-21(30)10-13-28)19-6-3-2-4-7-19/h2-9,20-21,23,29H,10-18H2,1H3/p+1/t20?,21?,23-,27-/m0/s1. The number of hydrogen-bond donors (Lipinski definition) is 1. The minimum Gasteiger partial charge on any atom is -0.493 e. The quantitative estimate of drug-likeness (QED) is 0.757. The van der Waals surface area contributed by atoms with Crippen LogP contribution in [0.1, 0.15) is 42.7 Å². The van der Waals surface area contributed by atoms with Crippen molar-refractivity contribution in [2.75, 3.05) is 40.0 Å². The summed E-state index contributed by atoms with van der Waals surface area (Å²) in [6, 6.07) is 16.4. The molecule has 0 aromatic heterocycles. The van der Waals surface area contributed by atoms with Crippen LogP contribution in [0, 0.1) is 5.92 Å². The molecule has 2 aromatic rings. The van der Waals surface area contributed by atoms with Gasteiger partial charge in [0, 0.05) is 18.2 Å². The van der Waals surface area contributed by atoms with Crippen LogP contribution in [0.2, 0.25) is 0 Å². The molecule has 3 aliphatic heterocycles. The fraction of sp³-hybridized carbons (Fsp3) is 0.519. The van der Waals surface area contributed by atoms with E-state index in [2.05, 4.69) is 35.6 Å². The Labute approximate surface area is 195 Å². The third-order valence-corrected chi connectivity index (χ3v) is 8.12. The van der Waals surface area contributed by atoms with Crippen LogP contribution < -0.4 is 14.8 Å². The maximum absolute atomic E-state index is 14.1. The lowest BCUT2D eigenvalue weighted by molar-refractivity contribution is -0.640. The van der Waals surface area contributed by atoms with E-state index < -0.39 is 6.67 Å². The summed E-state index contributed by atoms with van der Waals surface area (Å²) in [5.74, 6) is 1.93. The first-order chi connectivity index (χ1) is 16.2. The summed E-state index contributed by atoms with van der Waals surface area (Å²) in [7, 11) is 1.65. The number of halogens is 1. The van der Waals surface area contributed by atoms with Gasteiger partial charge in [-0.25, -0.2) is 0 Å². The van der Waals surface area contributed by atoms with E-state index >= 15 is 0 Å². The monoisotopic (exact) mass is 453 g/mol. The Bertz CT molecular complexity index is 985. The Balaban J connectivity index is 1.42. The highest BCUT2D eigenvalue weighted by atomic mass is 19.1. The van der Waals surface area contributed by atoms with E-state index in [-0.39, 0.29) is 23.3 Å². The summed E-state index contributed by atoms with van der Waals surface area (Å²) in [6.45, 7) is 2.50. The van der Waals surface area contributed by atoms with Crippen molar-refractivity contribution in [2.24, 2.45) is 5.92 Å². The first kappa shape index (κ1) is 22.2. The third-order valence-electron chi connectivity index (χ3n) is 8.12. The van der Waals surface area contributed by atoms with Gasteiger partial charge in [-0.05, 0) is 43.2 Å². The van der Waals surface area contributed by atoms with Crippen molar-refractivity contribution < 1.29 is 24.0 Å². The molecule has 3 aliphatic rings. The number of amides is 1. The number of alkyl halides is 1. The number of hydrogen-bond acceptors (Lipinski definition) is 3. The topological polar surface area (TPSA) is 55.4 Å². The number of methoxy groups -OCH3 is 1. The molecule has 0 aliphatic carbocycles. The minimum absolute atomic E-state index is 0.0521. The van der Waals surface area contributed by atoms with Crippen molar-refractivity contribution in [3.63, 3.8) is 0 Å². The molecule has 2 unspecified atom stereocenters. The molecule has 2 aromatic carbocycles. The van der Waals surface area contributed by atoms with Crippen LogP contribution in [-0.2, 0) is 10.2 Å². The number of carbonyl (C=O) groups is 1. The van der Waals surface area contributed by atoms with Gasteiger partial charge in [-0.1, -0.05) is 42.5 Å². The lowest BCUT2D eigenvalue weighted by atomic mass is 9.68.